The summed E-state index contributed by atoms with van der Waals surface area (Å²) in [5.74, 6) is 0. The summed E-state index contributed by atoms with van der Waals surface area (Å²) in [6.07, 6.45) is 4.63. The summed E-state index contributed by atoms with van der Waals surface area (Å²) < 4.78 is 0. The Kier molecular flexibility index (Phi) is 4.20. The van der Waals surface area contributed by atoms with Crippen LogP contribution in [0.5, 0.6) is 0 Å². The lowest BCUT2D eigenvalue weighted by molar-refractivity contribution is 0.488. The molecule has 0 heterocycles. The summed E-state index contributed by atoms with van der Waals surface area (Å²) in [5.41, 5.74) is 1.92. The molecule has 0 aromatic rings. The van der Waals surface area contributed by atoms with Gasteiger partial charge in [0, 0.05) is 0 Å². The number of hydrogen-bond acceptors (Lipinski definition) is 0. The van der Waals surface area contributed by atoms with Crippen LogP contribution < -0.4 is 0 Å². The average Bonchev–Trinajstić information content (AvgIpc) is 1.80. The molecule has 1 unspecified atom stereocenters. The highest BCUT2D eigenvalue weighted by Crippen LogP contribution is 2.27. The van der Waals surface area contributed by atoms with Crippen molar-refractivity contribution in [2.75, 3.05) is 6.16 Å². The van der Waals surface area contributed by atoms with Crippen LogP contribution in [0.4, 0.5) is 0 Å². The summed E-state index contributed by atoms with van der Waals surface area (Å²) in [6, 6.07) is 0. The summed E-state index contributed by atoms with van der Waals surface area (Å²) in [5, 5.41) is 0. The molecule has 60 valence electrons. The van der Waals surface area contributed by atoms with Crippen molar-refractivity contribution in [1.82, 2.24) is 0 Å². The van der Waals surface area contributed by atoms with Gasteiger partial charge in [-0.3, -0.25) is 0 Å². The lowest BCUT2D eigenvalue weighted by atomic mass is 9.85. The van der Waals surface area contributed by atoms with Gasteiger partial charge in [-0.2, -0.15) is 0 Å². The molecule has 0 bridgehead atoms. The van der Waals surface area contributed by atoms with Crippen molar-refractivity contribution in [2.45, 2.75) is 34.1 Å². The second kappa shape index (κ2) is 4.13. The fourth-order valence-electron chi connectivity index (χ4n) is 1.11. The minimum atomic E-state index is 0.366. The van der Waals surface area contributed by atoms with Gasteiger partial charge in [0.05, 0.1) is 0 Å². The Hall–Kier alpha value is 0.170. The fourth-order valence-corrected chi connectivity index (χ4v) is 1.42. The van der Waals surface area contributed by atoms with E-state index in [0.717, 1.165) is 0 Å². The quantitative estimate of drug-likeness (QED) is 0.427. The van der Waals surface area contributed by atoms with E-state index in [1.54, 1.807) is 5.57 Å². The SMILES string of the molecule is C/C=C(\CCP)C(C)(C)C. The van der Waals surface area contributed by atoms with Gasteiger partial charge in [0.1, 0.15) is 0 Å². The van der Waals surface area contributed by atoms with E-state index in [2.05, 4.69) is 43.0 Å². The van der Waals surface area contributed by atoms with Crippen molar-refractivity contribution in [3.8, 4) is 0 Å². The van der Waals surface area contributed by atoms with Gasteiger partial charge in [0.25, 0.3) is 0 Å². The number of allylic oxidation sites excluding steroid dienone is 2. The zero-order valence-corrected chi connectivity index (χ0v) is 8.72. The molecular formula is C9H19P. The van der Waals surface area contributed by atoms with Crippen molar-refractivity contribution >= 4 is 9.24 Å². The molecule has 0 aliphatic carbocycles. The van der Waals surface area contributed by atoms with Crippen LogP contribution in [0, 0.1) is 5.41 Å². The maximum Gasteiger partial charge on any atom is -0.0173 e. The van der Waals surface area contributed by atoms with Gasteiger partial charge in [-0.1, -0.05) is 32.4 Å². The largest absolute Gasteiger partial charge is 0.137 e. The van der Waals surface area contributed by atoms with Gasteiger partial charge in [-0.05, 0) is 24.9 Å². The van der Waals surface area contributed by atoms with Crippen LogP contribution >= 0.6 is 9.24 Å². The molecule has 1 atom stereocenters. The van der Waals surface area contributed by atoms with Crippen LogP contribution in [0.15, 0.2) is 11.6 Å². The Morgan fingerprint density at radius 1 is 1.40 bits per heavy atom. The van der Waals surface area contributed by atoms with Gasteiger partial charge in [-0.15, -0.1) is 9.24 Å². The molecule has 1 heteroatoms. The van der Waals surface area contributed by atoms with Crippen LogP contribution in [0.2, 0.25) is 0 Å². The van der Waals surface area contributed by atoms with Gasteiger partial charge >= 0.3 is 0 Å². The van der Waals surface area contributed by atoms with E-state index in [9.17, 15) is 0 Å². The van der Waals surface area contributed by atoms with Crippen LogP contribution in [0.1, 0.15) is 34.1 Å². The molecule has 0 spiro atoms. The third-order valence-electron chi connectivity index (χ3n) is 1.73. The van der Waals surface area contributed by atoms with Gasteiger partial charge in [-0.25, -0.2) is 0 Å². The lowest BCUT2D eigenvalue weighted by Crippen LogP contribution is -2.09. The number of hydrogen-bond donors (Lipinski definition) is 0. The van der Waals surface area contributed by atoms with E-state index in [-0.39, 0.29) is 0 Å². The highest BCUT2D eigenvalue weighted by atomic mass is 31.0. The molecule has 10 heavy (non-hydrogen) atoms. The van der Waals surface area contributed by atoms with Crippen molar-refractivity contribution in [3.63, 3.8) is 0 Å². The Morgan fingerprint density at radius 2 is 1.90 bits per heavy atom. The predicted octanol–water partition coefficient (Wildman–Crippen LogP) is 3.24. The van der Waals surface area contributed by atoms with Crippen molar-refractivity contribution < 1.29 is 0 Å². The highest BCUT2D eigenvalue weighted by Gasteiger charge is 2.14. The van der Waals surface area contributed by atoms with Crippen LogP contribution in [0.25, 0.3) is 0 Å². The zero-order valence-electron chi connectivity index (χ0n) is 7.57. The van der Waals surface area contributed by atoms with E-state index < -0.39 is 0 Å². The van der Waals surface area contributed by atoms with Crippen molar-refractivity contribution in [3.05, 3.63) is 11.6 Å². The molecule has 0 nitrogen and oxygen atoms in total. The van der Waals surface area contributed by atoms with Crippen LogP contribution in [-0.4, -0.2) is 6.16 Å². The second-order valence-electron chi connectivity index (χ2n) is 3.60. The first kappa shape index (κ1) is 10.2. The molecular weight excluding hydrogens is 139 g/mol. The van der Waals surface area contributed by atoms with Crippen LogP contribution in [0.3, 0.4) is 0 Å². The first-order chi connectivity index (χ1) is 4.52. The van der Waals surface area contributed by atoms with Gasteiger partial charge < -0.3 is 0 Å². The van der Waals surface area contributed by atoms with Gasteiger partial charge in [0.15, 0.2) is 0 Å². The predicted molar refractivity (Wildman–Crippen MR) is 52.4 cm³/mol. The molecule has 0 N–H and O–H groups in total. The fraction of sp³-hybridized carbons (Fsp3) is 0.778. The van der Waals surface area contributed by atoms with Crippen molar-refractivity contribution in [1.29, 1.82) is 0 Å². The summed E-state index contributed by atoms with van der Waals surface area (Å²) in [4.78, 5) is 0. The maximum absolute atomic E-state index is 2.77. The smallest absolute Gasteiger partial charge is 0.0173 e. The standard InChI is InChI=1S/C9H19P/c1-5-8(6-7-10)9(2,3)4/h5H,6-7,10H2,1-4H3/b8-5+. The Bertz CT molecular complexity index is 117. The Morgan fingerprint density at radius 3 is 2.00 bits per heavy atom. The highest BCUT2D eigenvalue weighted by molar-refractivity contribution is 7.16. The Labute approximate surface area is 67.3 Å². The zero-order chi connectivity index (χ0) is 8.20. The summed E-state index contributed by atoms with van der Waals surface area (Å²) in [7, 11) is 2.77. The van der Waals surface area contributed by atoms with Crippen molar-refractivity contribution in [2.24, 2.45) is 5.41 Å². The first-order valence-electron chi connectivity index (χ1n) is 3.88. The minimum absolute atomic E-state index is 0.366. The normalized spacial score (nSPS) is 13.9. The molecule has 0 aromatic carbocycles. The Balaban J connectivity index is 4.10. The minimum Gasteiger partial charge on any atom is -0.137 e. The second-order valence-corrected chi connectivity index (χ2v) is 4.18. The van der Waals surface area contributed by atoms with Gasteiger partial charge in [0.2, 0.25) is 0 Å². The topological polar surface area (TPSA) is 0 Å². The summed E-state index contributed by atoms with van der Waals surface area (Å²) in [6.45, 7) is 8.93. The van der Waals surface area contributed by atoms with E-state index in [0.29, 0.717) is 5.41 Å². The average molecular weight is 158 g/mol. The molecule has 0 amide bonds. The third kappa shape index (κ3) is 3.37. The molecule has 0 radical (unpaired) electrons. The van der Waals surface area contributed by atoms with E-state index in [1.807, 2.05) is 0 Å². The molecule has 0 aromatic heterocycles. The maximum atomic E-state index is 2.77. The molecule has 0 saturated heterocycles. The van der Waals surface area contributed by atoms with E-state index in [1.165, 1.54) is 12.6 Å². The lowest BCUT2D eigenvalue weighted by Gasteiger charge is -2.22. The van der Waals surface area contributed by atoms with E-state index >= 15 is 0 Å². The monoisotopic (exact) mass is 158 g/mol. The van der Waals surface area contributed by atoms with E-state index in [4.69, 9.17) is 0 Å². The third-order valence-corrected chi connectivity index (χ3v) is 2.01. The molecule has 0 aliphatic rings. The molecule has 0 fully saturated rings. The summed E-state index contributed by atoms with van der Waals surface area (Å²) >= 11 is 0. The first-order valence-corrected chi connectivity index (χ1v) is 4.69. The molecule has 0 rings (SSSR count). The number of rotatable bonds is 2. The molecule has 0 saturated carbocycles. The van der Waals surface area contributed by atoms with Crippen LogP contribution in [-0.2, 0) is 0 Å². The molecule has 0 aliphatic heterocycles.